The second kappa shape index (κ2) is 10.8. The molecule has 0 aliphatic carbocycles. The van der Waals surface area contributed by atoms with Crippen LogP contribution in [0.4, 0.5) is 5.69 Å². The van der Waals surface area contributed by atoms with Gasteiger partial charge in [0.15, 0.2) is 0 Å². The number of piperazine rings is 1. The van der Waals surface area contributed by atoms with Gasteiger partial charge in [-0.15, -0.1) is 0 Å². The van der Waals surface area contributed by atoms with Crippen molar-refractivity contribution in [1.82, 2.24) is 15.5 Å². The van der Waals surface area contributed by atoms with Gasteiger partial charge in [0.05, 0.1) is 19.6 Å². The van der Waals surface area contributed by atoms with E-state index in [4.69, 9.17) is 4.74 Å². The van der Waals surface area contributed by atoms with Gasteiger partial charge in [-0.2, -0.15) is 0 Å². The molecule has 0 bridgehead atoms. The molecule has 170 valence electrons. The SMILES string of the molecule is CCCOC(=O)CC1C(=O)NCCN1C(=O)CNc1cccc(C(=O)NC(C)(C)C)c1. The highest BCUT2D eigenvalue weighted by molar-refractivity contribution is 5.96. The summed E-state index contributed by atoms with van der Waals surface area (Å²) in [5, 5.41) is 8.58. The molecule has 1 aliphatic rings. The number of carbonyl (C=O) groups is 4. The molecule has 1 heterocycles. The summed E-state index contributed by atoms with van der Waals surface area (Å²) in [5.74, 6) is -1.39. The first kappa shape index (κ1) is 24.2. The highest BCUT2D eigenvalue weighted by Crippen LogP contribution is 2.14. The van der Waals surface area contributed by atoms with E-state index in [1.54, 1.807) is 24.3 Å². The zero-order valence-electron chi connectivity index (χ0n) is 18.6. The second-order valence-corrected chi connectivity index (χ2v) is 8.46. The molecule has 1 fully saturated rings. The van der Waals surface area contributed by atoms with E-state index in [0.29, 0.717) is 30.8 Å². The lowest BCUT2D eigenvalue weighted by Crippen LogP contribution is -2.58. The lowest BCUT2D eigenvalue weighted by Gasteiger charge is -2.34. The summed E-state index contributed by atoms with van der Waals surface area (Å²) in [5.41, 5.74) is 0.718. The third kappa shape index (κ3) is 7.58. The van der Waals surface area contributed by atoms with Crippen LogP contribution in [0, 0.1) is 0 Å². The van der Waals surface area contributed by atoms with Crippen molar-refractivity contribution in [1.29, 1.82) is 0 Å². The maximum atomic E-state index is 12.8. The maximum absolute atomic E-state index is 12.8. The van der Waals surface area contributed by atoms with Crippen LogP contribution < -0.4 is 16.0 Å². The Morgan fingerprint density at radius 3 is 2.68 bits per heavy atom. The lowest BCUT2D eigenvalue weighted by molar-refractivity contribution is -0.151. The smallest absolute Gasteiger partial charge is 0.308 e. The van der Waals surface area contributed by atoms with Crippen molar-refractivity contribution in [3.8, 4) is 0 Å². The van der Waals surface area contributed by atoms with Crippen LogP contribution in [0.2, 0.25) is 0 Å². The van der Waals surface area contributed by atoms with E-state index in [-0.39, 0.29) is 42.8 Å². The first-order chi connectivity index (χ1) is 14.6. The first-order valence-corrected chi connectivity index (χ1v) is 10.5. The molecule has 0 radical (unpaired) electrons. The maximum Gasteiger partial charge on any atom is 0.308 e. The standard InChI is InChI=1S/C22H32N4O5/c1-5-11-31-19(28)13-17-21(30)23-9-10-26(17)18(27)14-24-16-8-6-7-15(12-16)20(29)25-22(2,3)4/h6-8,12,17,24H,5,9-11,13-14H2,1-4H3,(H,23,30)(H,25,29). The second-order valence-electron chi connectivity index (χ2n) is 8.46. The van der Waals surface area contributed by atoms with Crippen LogP contribution in [0.5, 0.6) is 0 Å². The average molecular weight is 433 g/mol. The zero-order valence-corrected chi connectivity index (χ0v) is 18.6. The van der Waals surface area contributed by atoms with Crippen molar-refractivity contribution in [3.63, 3.8) is 0 Å². The van der Waals surface area contributed by atoms with Crippen LogP contribution in [-0.4, -0.2) is 66.4 Å². The van der Waals surface area contributed by atoms with Crippen molar-refractivity contribution in [2.24, 2.45) is 0 Å². The molecular formula is C22H32N4O5. The number of amides is 3. The Balaban J connectivity index is 2.00. The topological polar surface area (TPSA) is 117 Å². The van der Waals surface area contributed by atoms with Crippen LogP contribution in [-0.2, 0) is 19.1 Å². The summed E-state index contributed by atoms with van der Waals surface area (Å²) in [7, 11) is 0. The number of hydrogen-bond acceptors (Lipinski definition) is 6. The number of benzene rings is 1. The number of anilines is 1. The van der Waals surface area contributed by atoms with E-state index in [1.807, 2.05) is 27.7 Å². The predicted molar refractivity (Wildman–Crippen MR) is 117 cm³/mol. The molecule has 0 spiro atoms. The van der Waals surface area contributed by atoms with Gasteiger partial charge >= 0.3 is 5.97 Å². The van der Waals surface area contributed by atoms with Gasteiger partial charge in [-0.1, -0.05) is 13.0 Å². The Kier molecular flexibility index (Phi) is 8.41. The third-order valence-corrected chi connectivity index (χ3v) is 4.54. The largest absolute Gasteiger partial charge is 0.466 e. The summed E-state index contributed by atoms with van der Waals surface area (Å²) in [6.07, 6.45) is 0.502. The monoisotopic (exact) mass is 432 g/mol. The molecule has 9 heteroatoms. The molecule has 0 saturated carbocycles. The van der Waals surface area contributed by atoms with Gasteiger partial charge in [0.2, 0.25) is 11.8 Å². The summed E-state index contributed by atoms with van der Waals surface area (Å²) in [6, 6.07) is 5.95. The molecule has 1 atom stereocenters. The summed E-state index contributed by atoms with van der Waals surface area (Å²) in [6.45, 7) is 8.42. The number of nitrogens with zero attached hydrogens (tertiary/aromatic N) is 1. The zero-order chi connectivity index (χ0) is 23.0. The van der Waals surface area contributed by atoms with Crippen LogP contribution in [0.25, 0.3) is 0 Å². The predicted octanol–water partition coefficient (Wildman–Crippen LogP) is 1.30. The highest BCUT2D eigenvalue weighted by atomic mass is 16.5. The molecule has 31 heavy (non-hydrogen) atoms. The quantitative estimate of drug-likeness (QED) is 0.533. The van der Waals surface area contributed by atoms with Gasteiger partial charge in [-0.3, -0.25) is 19.2 Å². The molecule has 3 amide bonds. The van der Waals surface area contributed by atoms with E-state index in [2.05, 4.69) is 16.0 Å². The fourth-order valence-electron chi connectivity index (χ4n) is 3.11. The Labute approximate surface area is 182 Å². The van der Waals surface area contributed by atoms with Gasteiger partial charge in [0.25, 0.3) is 5.91 Å². The first-order valence-electron chi connectivity index (χ1n) is 10.5. The van der Waals surface area contributed by atoms with Crippen LogP contribution in [0.1, 0.15) is 50.9 Å². The summed E-state index contributed by atoms with van der Waals surface area (Å²) in [4.78, 5) is 50.8. The minimum atomic E-state index is -0.892. The van der Waals surface area contributed by atoms with E-state index in [1.165, 1.54) is 4.90 Å². The average Bonchev–Trinajstić information content (AvgIpc) is 2.71. The van der Waals surface area contributed by atoms with Crippen molar-refractivity contribution in [2.75, 3.05) is 31.6 Å². The molecule has 1 saturated heterocycles. The van der Waals surface area contributed by atoms with Crippen LogP contribution >= 0.6 is 0 Å². The van der Waals surface area contributed by atoms with Crippen LogP contribution in [0.15, 0.2) is 24.3 Å². The Bertz CT molecular complexity index is 818. The third-order valence-electron chi connectivity index (χ3n) is 4.54. The molecule has 3 N–H and O–H groups in total. The lowest BCUT2D eigenvalue weighted by atomic mass is 10.1. The van der Waals surface area contributed by atoms with Gasteiger partial charge < -0.3 is 25.6 Å². The molecule has 0 aromatic heterocycles. The molecule has 1 unspecified atom stereocenters. The van der Waals surface area contributed by atoms with Crippen LogP contribution in [0.3, 0.4) is 0 Å². The molecule has 1 aromatic carbocycles. The molecular weight excluding hydrogens is 400 g/mol. The van der Waals surface area contributed by atoms with E-state index >= 15 is 0 Å². The number of hydrogen-bond donors (Lipinski definition) is 3. The van der Waals surface area contributed by atoms with Gasteiger partial charge in [0.1, 0.15) is 6.04 Å². The number of ether oxygens (including phenoxy) is 1. The van der Waals surface area contributed by atoms with Gasteiger partial charge in [-0.05, 0) is 45.4 Å². The van der Waals surface area contributed by atoms with Crippen molar-refractivity contribution >= 4 is 29.4 Å². The fraction of sp³-hybridized carbons (Fsp3) is 0.545. The Morgan fingerprint density at radius 1 is 1.26 bits per heavy atom. The Hall–Kier alpha value is -3.10. The highest BCUT2D eigenvalue weighted by Gasteiger charge is 2.34. The van der Waals surface area contributed by atoms with Gasteiger partial charge in [0, 0.05) is 29.9 Å². The number of rotatable bonds is 8. The van der Waals surface area contributed by atoms with E-state index in [9.17, 15) is 19.2 Å². The summed E-state index contributed by atoms with van der Waals surface area (Å²) < 4.78 is 5.06. The number of esters is 1. The Morgan fingerprint density at radius 2 is 2.00 bits per heavy atom. The van der Waals surface area contributed by atoms with Gasteiger partial charge in [-0.25, -0.2) is 0 Å². The number of carbonyl (C=O) groups excluding carboxylic acids is 4. The minimum Gasteiger partial charge on any atom is -0.466 e. The van der Waals surface area contributed by atoms with Crippen molar-refractivity contribution in [3.05, 3.63) is 29.8 Å². The number of nitrogens with one attached hydrogen (secondary N) is 3. The molecule has 2 rings (SSSR count). The normalized spacial score (nSPS) is 16.3. The fourth-order valence-corrected chi connectivity index (χ4v) is 3.11. The van der Waals surface area contributed by atoms with E-state index in [0.717, 1.165) is 0 Å². The molecule has 9 nitrogen and oxygen atoms in total. The molecule has 1 aliphatic heterocycles. The summed E-state index contributed by atoms with van der Waals surface area (Å²) >= 11 is 0. The van der Waals surface area contributed by atoms with E-state index < -0.39 is 12.0 Å². The van der Waals surface area contributed by atoms with Crippen molar-refractivity contribution in [2.45, 2.75) is 52.1 Å². The van der Waals surface area contributed by atoms with Crippen molar-refractivity contribution < 1.29 is 23.9 Å². The minimum absolute atomic E-state index is 0.0713. The molecule has 1 aromatic rings.